The second-order valence-electron chi connectivity index (χ2n) is 6.58. The first-order chi connectivity index (χ1) is 12.0. The second-order valence-corrected chi connectivity index (χ2v) is 6.58. The Kier molecular flexibility index (Phi) is 3.64. The largest absolute Gasteiger partial charge is 0.497 e. The predicted molar refractivity (Wildman–Crippen MR) is 97.9 cm³/mol. The van der Waals surface area contributed by atoms with Crippen molar-refractivity contribution < 1.29 is 14.6 Å². The van der Waals surface area contributed by atoms with E-state index in [1.807, 2.05) is 12.1 Å². The lowest BCUT2D eigenvalue weighted by Gasteiger charge is -2.39. The molecule has 0 radical (unpaired) electrons. The molecule has 25 heavy (non-hydrogen) atoms. The summed E-state index contributed by atoms with van der Waals surface area (Å²) < 4.78 is 7.45. The van der Waals surface area contributed by atoms with Gasteiger partial charge in [-0.15, -0.1) is 0 Å². The maximum absolute atomic E-state index is 11.0. The van der Waals surface area contributed by atoms with Crippen LogP contribution in [0.1, 0.15) is 5.56 Å². The third-order valence-corrected chi connectivity index (χ3v) is 4.82. The van der Waals surface area contributed by atoms with Crippen molar-refractivity contribution in [3.8, 4) is 11.4 Å². The van der Waals surface area contributed by atoms with Gasteiger partial charge in [0.05, 0.1) is 18.5 Å². The Bertz CT molecular complexity index is 955. The molecular formula is C20H20N2O3. The van der Waals surface area contributed by atoms with E-state index >= 15 is 0 Å². The van der Waals surface area contributed by atoms with Crippen LogP contribution in [0.15, 0.2) is 48.7 Å². The van der Waals surface area contributed by atoms with Gasteiger partial charge in [-0.1, -0.05) is 0 Å². The van der Waals surface area contributed by atoms with Gasteiger partial charge in [0.15, 0.2) is 0 Å². The first kappa shape index (κ1) is 15.6. The number of benzene rings is 2. The molecule has 0 atom stereocenters. The number of carboxylic acids is 1. The standard InChI is InChI=1S/C20H20N2O3/c1-13-7-16(21-11-15(12-21)20(23)24)10-17(8-13)22-6-5-14-9-18(25-2)3-4-19(14)22/h3-10,15H,11-12H2,1-2H3,(H,23,24). The Labute approximate surface area is 146 Å². The fourth-order valence-corrected chi connectivity index (χ4v) is 3.38. The van der Waals surface area contributed by atoms with Crippen LogP contribution < -0.4 is 9.64 Å². The molecule has 1 N–H and O–H groups in total. The SMILES string of the molecule is COc1ccc2c(ccn2-c2cc(C)cc(N3CC(C(=O)O)C3)c2)c1. The van der Waals surface area contributed by atoms with Crippen LogP contribution in [-0.2, 0) is 4.79 Å². The van der Waals surface area contributed by atoms with Crippen LogP contribution in [0.3, 0.4) is 0 Å². The number of anilines is 1. The normalized spacial score (nSPS) is 14.6. The average molecular weight is 336 g/mol. The van der Waals surface area contributed by atoms with E-state index in [9.17, 15) is 4.79 Å². The molecule has 128 valence electrons. The second kappa shape index (κ2) is 5.84. The fraction of sp³-hybridized carbons (Fsp3) is 0.250. The molecule has 5 heteroatoms. The number of aromatic nitrogens is 1. The Morgan fingerprint density at radius 1 is 1.12 bits per heavy atom. The average Bonchev–Trinajstić information content (AvgIpc) is 2.95. The molecule has 2 aromatic carbocycles. The number of rotatable bonds is 4. The smallest absolute Gasteiger partial charge is 0.310 e. The van der Waals surface area contributed by atoms with Crippen LogP contribution in [0.25, 0.3) is 16.6 Å². The summed E-state index contributed by atoms with van der Waals surface area (Å²) >= 11 is 0. The van der Waals surface area contributed by atoms with E-state index in [0.717, 1.165) is 33.6 Å². The zero-order chi connectivity index (χ0) is 17.6. The summed E-state index contributed by atoms with van der Waals surface area (Å²) in [6, 6.07) is 14.5. The van der Waals surface area contributed by atoms with Crippen molar-refractivity contribution in [1.82, 2.24) is 4.57 Å². The molecule has 5 nitrogen and oxygen atoms in total. The summed E-state index contributed by atoms with van der Waals surface area (Å²) in [7, 11) is 1.67. The van der Waals surface area contributed by atoms with Gasteiger partial charge in [0, 0.05) is 36.0 Å². The van der Waals surface area contributed by atoms with E-state index in [1.165, 1.54) is 0 Å². The molecule has 0 spiro atoms. The van der Waals surface area contributed by atoms with Crippen LogP contribution in [0.4, 0.5) is 5.69 Å². The minimum absolute atomic E-state index is 0.260. The summed E-state index contributed by atoms with van der Waals surface area (Å²) in [5, 5.41) is 10.2. The van der Waals surface area contributed by atoms with Gasteiger partial charge in [0.1, 0.15) is 5.75 Å². The van der Waals surface area contributed by atoms with Gasteiger partial charge < -0.3 is 19.3 Å². The van der Waals surface area contributed by atoms with E-state index < -0.39 is 5.97 Å². The lowest BCUT2D eigenvalue weighted by molar-refractivity contribution is -0.142. The number of methoxy groups -OCH3 is 1. The topological polar surface area (TPSA) is 54.7 Å². The summed E-state index contributed by atoms with van der Waals surface area (Å²) in [5.74, 6) is -0.131. The predicted octanol–water partition coefficient (Wildman–Crippen LogP) is 3.47. The Morgan fingerprint density at radius 2 is 1.88 bits per heavy atom. The Morgan fingerprint density at radius 3 is 2.60 bits per heavy atom. The number of fused-ring (bicyclic) bond motifs is 1. The highest BCUT2D eigenvalue weighted by atomic mass is 16.5. The number of hydrogen-bond acceptors (Lipinski definition) is 3. The maximum Gasteiger partial charge on any atom is 0.310 e. The van der Waals surface area contributed by atoms with Gasteiger partial charge in [-0.05, 0) is 55.0 Å². The number of hydrogen-bond donors (Lipinski definition) is 1. The van der Waals surface area contributed by atoms with E-state index in [-0.39, 0.29) is 5.92 Å². The molecule has 1 aromatic heterocycles. The first-order valence-corrected chi connectivity index (χ1v) is 8.30. The van der Waals surface area contributed by atoms with Crippen LogP contribution in [-0.4, -0.2) is 35.8 Å². The van der Waals surface area contributed by atoms with Crippen molar-refractivity contribution in [3.05, 3.63) is 54.2 Å². The van der Waals surface area contributed by atoms with E-state index in [1.54, 1.807) is 7.11 Å². The van der Waals surface area contributed by atoms with Crippen molar-refractivity contribution in [3.63, 3.8) is 0 Å². The molecule has 3 aromatic rings. The fourth-order valence-electron chi connectivity index (χ4n) is 3.38. The van der Waals surface area contributed by atoms with Crippen LogP contribution in [0, 0.1) is 12.8 Å². The number of nitrogens with zero attached hydrogens (tertiary/aromatic N) is 2. The highest BCUT2D eigenvalue weighted by Crippen LogP contribution is 2.30. The quantitative estimate of drug-likeness (QED) is 0.793. The van der Waals surface area contributed by atoms with Gasteiger partial charge in [-0.2, -0.15) is 0 Å². The third-order valence-electron chi connectivity index (χ3n) is 4.82. The molecule has 1 aliphatic heterocycles. The van der Waals surface area contributed by atoms with Gasteiger partial charge in [0.2, 0.25) is 0 Å². The number of ether oxygens (including phenoxy) is 1. The molecule has 0 unspecified atom stereocenters. The number of carbonyl (C=O) groups is 1. The highest BCUT2D eigenvalue weighted by Gasteiger charge is 2.32. The molecule has 1 aliphatic rings. The molecule has 1 saturated heterocycles. The van der Waals surface area contributed by atoms with Gasteiger partial charge >= 0.3 is 5.97 Å². The van der Waals surface area contributed by atoms with Crippen molar-refractivity contribution in [2.24, 2.45) is 5.92 Å². The van der Waals surface area contributed by atoms with Crippen LogP contribution >= 0.6 is 0 Å². The zero-order valence-corrected chi connectivity index (χ0v) is 14.3. The number of aryl methyl sites for hydroxylation is 1. The van der Waals surface area contributed by atoms with Crippen LogP contribution in [0.5, 0.6) is 5.75 Å². The van der Waals surface area contributed by atoms with Crippen molar-refractivity contribution in [2.45, 2.75) is 6.92 Å². The third kappa shape index (κ3) is 2.71. The molecule has 4 rings (SSSR count). The lowest BCUT2D eigenvalue weighted by Crippen LogP contribution is -2.50. The molecule has 1 fully saturated rings. The minimum Gasteiger partial charge on any atom is -0.497 e. The Hall–Kier alpha value is -2.95. The first-order valence-electron chi connectivity index (χ1n) is 8.30. The highest BCUT2D eigenvalue weighted by molar-refractivity contribution is 5.84. The van der Waals surface area contributed by atoms with Crippen LogP contribution in [0.2, 0.25) is 0 Å². The van der Waals surface area contributed by atoms with Crippen molar-refractivity contribution in [2.75, 3.05) is 25.1 Å². The van der Waals surface area contributed by atoms with Gasteiger partial charge in [-0.3, -0.25) is 4.79 Å². The summed E-state index contributed by atoms with van der Waals surface area (Å²) in [5.41, 5.74) is 4.42. The molecular weight excluding hydrogens is 316 g/mol. The monoisotopic (exact) mass is 336 g/mol. The van der Waals surface area contributed by atoms with Crippen molar-refractivity contribution >= 4 is 22.6 Å². The molecule has 0 aliphatic carbocycles. The summed E-state index contributed by atoms with van der Waals surface area (Å²) in [6.45, 7) is 3.21. The minimum atomic E-state index is -0.713. The molecule has 0 saturated carbocycles. The summed E-state index contributed by atoms with van der Waals surface area (Å²) in [6.07, 6.45) is 2.05. The summed E-state index contributed by atoms with van der Waals surface area (Å²) in [4.78, 5) is 13.2. The Balaban J connectivity index is 1.70. The van der Waals surface area contributed by atoms with E-state index in [0.29, 0.717) is 13.1 Å². The molecule has 0 amide bonds. The number of carboxylic acid groups (broad SMARTS) is 1. The van der Waals surface area contributed by atoms with Crippen molar-refractivity contribution in [1.29, 1.82) is 0 Å². The van der Waals surface area contributed by atoms with Gasteiger partial charge in [0.25, 0.3) is 0 Å². The molecule has 2 heterocycles. The number of aliphatic carboxylic acids is 1. The van der Waals surface area contributed by atoms with E-state index in [4.69, 9.17) is 9.84 Å². The molecule has 0 bridgehead atoms. The zero-order valence-electron chi connectivity index (χ0n) is 14.3. The maximum atomic E-state index is 11.0. The lowest BCUT2D eigenvalue weighted by atomic mass is 9.99. The van der Waals surface area contributed by atoms with E-state index in [2.05, 4.69) is 52.9 Å². The van der Waals surface area contributed by atoms with Gasteiger partial charge in [-0.25, -0.2) is 0 Å².